The Morgan fingerprint density at radius 3 is 2.34 bits per heavy atom. The van der Waals surface area contributed by atoms with E-state index in [1.165, 1.54) is 0 Å². The number of benzene rings is 3. The lowest BCUT2D eigenvalue weighted by Crippen LogP contribution is -2.50. The molecule has 29 heavy (non-hydrogen) atoms. The third-order valence-corrected chi connectivity index (χ3v) is 5.81. The quantitative estimate of drug-likeness (QED) is 0.679. The lowest BCUT2D eigenvalue weighted by atomic mass is 10.0. The lowest BCUT2D eigenvalue weighted by molar-refractivity contribution is 0.0536. The molecule has 1 saturated heterocycles. The summed E-state index contributed by atoms with van der Waals surface area (Å²) in [6.45, 7) is 2.86. The van der Waals surface area contributed by atoms with Crippen LogP contribution in [0.5, 0.6) is 5.75 Å². The Hall–Kier alpha value is -3.34. The molecule has 2 aliphatic rings. The van der Waals surface area contributed by atoms with E-state index in [9.17, 15) is 9.59 Å². The minimum Gasteiger partial charge on any atom is -0.493 e. The molecule has 0 bridgehead atoms. The fourth-order valence-electron chi connectivity index (χ4n) is 4.20. The summed E-state index contributed by atoms with van der Waals surface area (Å²) in [6.07, 6.45) is 0.851. The summed E-state index contributed by atoms with van der Waals surface area (Å²) in [5.41, 5.74) is 2.52. The van der Waals surface area contributed by atoms with E-state index in [0.29, 0.717) is 38.3 Å². The van der Waals surface area contributed by atoms with Gasteiger partial charge in [-0.25, -0.2) is 0 Å². The van der Waals surface area contributed by atoms with Gasteiger partial charge in [-0.15, -0.1) is 0 Å². The molecule has 5 heteroatoms. The van der Waals surface area contributed by atoms with Crippen LogP contribution in [0.4, 0.5) is 0 Å². The normalized spacial score (nSPS) is 15.9. The standard InChI is InChI=1S/C24H22N2O3/c27-23(19-8-9-22-18(16-19)10-15-29-22)25-11-13-26(14-12-25)24(28)21-7-3-5-17-4-1-2-6-20(17)21/h1-9,16H,10-15H2. The largest absolute Gasteiger partial charge is 0.493 e. The van der Waals surface area contributed by atoms with Crippen LogP contribution in [-0.2, 0) is 6.42 Å². The maximum Gasteiger partial charge on any atom is 0.254 e. The van der Waals surface area contributed by atoms with Crippen molar-refractivity contribution in [3.63, 3.8) is 0 Å². The Labute approximate surface area is 169 Å². The second kappa shape index (κ2) is 7.24. The summed E-state index contributed by atoms with van der Waals surface area (Å²) in [6, 6.07) is 19.4. The number of nitrogens with zero attached hydrogens (tertiary/aromatic N) is 2. The van der Waals surface area contributed by atoms with Crippen LogP contribution in [-0.4, -0.2) is 54.4 Å². The number of ether oxygens (including phenoxy) is 1. The zero-order chi connectivity index (χ0) is 19.8. The summed E-state index contributed by atoms with van der Waals surface area (Å²) in [4.78, 5) is 29.7. The van der Waals surface area contributed by atoms with Crippen molar-refractivity contribution in [2.45, 2.75) is 6.42 Å². The van der Waals surface area contributed by atoms with E-state index < -0.39 is 0 Å². The zero-order valence-electron chi connectivity index (χ0n) is 16.1. The van der Waals surface area contributed by atoms with Crippen LogP contribution >= 0.6 is 0 Å². The monoisotopic (exact) mass is 386 g/mol. The molecule has 0 unspecified atom stereocenters. The third-order valence-electron chi connectivity index (χ3n) is 5.81. The topological polar surface area (TPSA) is 49.9 Å². The second-order valence-corrected chi connectivity index (χ2v) is 7.53. The molecule has 2 amide bonds. The van der Waals surface area contributed by atoms with Crippen LogP contribution in [0.15, 0.2) is 60.7 Å². The van der Waals surface area contributed by atoms with Gasteiger partial charge in [-0.2, -0.15) is 0 Å². The third kappa shape index (κ3) is 3.23. The van der Waals surface area contributed by atoms with Crippen LogP contribution in [0.1, 0.15) is 26.3 Å². The number of rotatable bonds is 2. The molecular formula is C24H22N2O3. The molecule has 0 saturated carbocycles. The first-order valence-corrected chi connectivity index (χ1v) is 10.0. The maximum atomic E-state index is 13.1. The van der Waals surface area contributed by atoms with Gasteiger partial charge >= 0.3 is 0 Å². The molecule has 0 aromatic heterocycles. The summed E-state index contributed by atoms with van der Waals surface area (Å²) >= 11 is 0. The Bertz CT molecular complexity index is 1090. The highest BCUT2D eigenvalue weighted by atomic mass is 16.5. The van der Waals surface area contributed by atoms with E-state index in [1.807, 2.05) is 70.5 Å². The van der Waals surface area contributed by atoms with Crippen molar-refractivity contribution in [1.29, 1.82) is 0 Å². The van der Waals surface area contributed by atoms with Crippen LogP contribution in [0.3, 0.4) is 0 Å². The molecular weight excluding hydrogens is 364 g/mol. The Morgan fingerprint density at radius 1 is 0.793 bits per heavy atom. The average molecular weight is 386 g/mol. The fraction of sp³-hybridized carbons (Fsp3) is 0.250. The number of fused-ring (bicyclic) bond motifs is 2. The first-order chi connectivity index (χ1) is 14.2. The molecule has 2 aliphatic heterocycles. The first kappa shape index (κ1) is 17.7. The van der Waals surface area contributed by atoms with Gasteiger partial charge in [0.05, 0.1) is 6.61 Å². The minimum absolute atomic E-state index is 0.0250. The highest BCUT2D eigenvalue weighted by molar-refractivity contribution is 6.07. The highest BCUT2D eigenvalue weighted by Crippen LogP contribution is 2.27. The van der Waals surface area contributed by atoms with Crippen LogP contribution in [0, 0.1) is 0 Å². The average Bonchev–Trinajstić information content (AvgIpc) is 3.26. The summed E-state index contributed by atoms with van der Waals surface area (Å²) < 4.78 is 5.52. The van der Waals surface area contributed by atoms with Crippen LogP contribution in [0.25, 0.3) is 10.8 Å². The summed E-state index contributed by atoms with van der Waals surface area (Å²) in [5, 5.41) is 2.03. The Kier molecular flexibility index (Phi) is 4.43. The van der Waals surface area contributed by atoms with Gasteiger partial charge in [0.25, 0.3) is 11.8 Å². The van der Waals surface area contributed by atoms with Crippen molar-refractivity contribution in [2.75, 3.05) is 32.8 Å². The van der Waals surface area contributed by atoms with Gasteiger partial charge in [-0.05, 0) is 40.6 Å². The van der Waals surface area contributed by atoms with Crippen LogP contribution < -0.4 is 4.74 Å². The number of hydrogen-bond acceptors (Lipinski definition) is 3. The van der Waals surface area contributed by atoms with Crippen molar-refractivity contribution in [1.82, 2.24) is 9.80 Å². The van der Waals surface area contributed by atoms with E-state index in [1.54, 1.807) is 0 Å². The molecule has 0 radical (unpaired) electrons. The van der Waals surface area contributed by atoms with Gasteiger partial charge in [0.2, 0.25) is 0 Å². The van der Waals surface area contributed by atoms with Gasteiger partial charge in [-0.3, -0.25) is 9.59 Å². The molecule has 5 nitrogen and oxygen atoms in total. The van der Waals surface area contributed by atoms with E-state index in [0.717, 1.165) is 34.1 Å². The van der Waals surface area contributed by atoms with Crippen LogP contribution in [0.2, 0.25) is 0 Å². The van der Waals surface area contributed by atoms with Gasteiger partial charge in [0.15, 0.2) is 0 Å². The number of carbonyl (C=O) groups is 2. The highest BCUT2D eigenvalue weighted by Gasteiger charge is 2.27. The summed E-state index contributed by atoms with van der Waals surface area (Å²) in [5.74, 6) is 0.938. The fourth-order valence-corrected chi connectivity index (χ4v) is 4.20. The van der Waals surface area contributed by atoms with Gasteiger partial charge in [0, 0.05) is 43.7 Å². The SMILES string of the molecule is O=C(c1ccc2c(c1)CCO2)N1CCN(C(=O)c2cccc3ccccc23)CC1. The molecule has 3 aromatic carbocycles. The molecule has 146 valence electrons. The predicted molar refractivity (Wildman–Crippen MR) is 111 cm³/mol. The first-order valence-electron chi connectivity index (χ1n) is 10.0. The predicted octanol–water partition coefficient (Wildman–Crippen LogP) is 3.37. The van der Waals surface area contributed by atoms with Crippen molar-refractivity contribution in [2.24, 2.45) is 0 Å². The lowest BCUT2D eigenvalue weighted by Gasteiger charge is -2.35. The van der Waals surface area contributed by atoms with E-state index in [-0.39, 0.29) is 11.8 Å². The minimum atomic E-state index is 0.0250. The smallest absolute Gasteiger partial charge is 0.254 e. The number of amides is 2. The molecule has 2 heterocycles. The second-order valence-electron chi connectivity index (χ2n) is 7.53. The van der Waals surface area contributed by atoms with E-state index in [4.69, 9.17) is 4.74 Å². The van der Waals surface area contributed by atoms with E-state index in [2.05, 4.69) is 0 Å². The van der Waals surface area contributed by atoms with Gasteiger partial charge in [0.1, 0.15) is 5.75 Å². The molecule has 5 rings (SSSR count). The van der Waals surface area contributed by atoms with Crippen molar-refractivity contribution in [3.8, 4) is 5.75 Å². The van der Waals surface area contributed by atoms with E-state index >= 15 is 0 Å². The molecule has 3 aromatic rings. The van der Waals surface area contributed by atoms with Crippen molar-refractivity contribution < 1.29 is 14.3 Å². The maximum absolute atomic E-state index is 13.1. The number of hydrogen-bond donors (Lipinski definition) is 0. The molecule has 1 fully saturated rings. The Balaban J connectivity index is 1.29. The van der Waals surface area contributed by atoms with Gasteiger partial charge < -0.3 is 14.5 Å². The number of carbonyl (C=O) groups excluding carboxylic acids is 2. The molecule has 0 aliphatic carbocycles. The van der Waals surface area contributed by atoms with Gasteiger partial charge in [-0.1, -0.05) is 36.4 Å². The number of piperazine rings is 1. The van der Waals surface area contributed by atoms with Crippen molar-refractivity contribution in [3.05, 3.63) is 77.4 Å². The molecule has 0 N–H and O–H groups in total. The molecule has 0 spiro atoms. The Morgan fingerprint density at radius 2 is 1.52 bits per heavy atom. The molecule has 0 atom stereocenters. The van der Waals surface area contributed by atoms with Crippen molar-refractivity contribution >= 4 is 22.6 Å². The summed E-state index contributed by atoms with van der Waals surface area (Å²) in [7, 11) is 0. The zero-order valence-corrected chi connectivity index (χ0v) is 16.1.